The number of Topliss-reactive ketones (excluding diaryl/α,β-unsaturated/α-hetero) is 1. The van der Waals surface area contributed by atoms with Gasteiger partial charge in [0, 0.05) is 22.7 Å². The summed E-state index contributed by atoms with van der Waals surface area (Å²) in [4.78, 5) is 50.5. The number of amides is 3. The Kier molecular flexibility index (Phi) is 7.07. The summed E-state index contributed by atoms with van der Waals surface area (Å²) in [5.41, 5.74) is 3.45. The molecule has 3 amide bonds. The Hall–Kier alpha value is -4.33. The van der Waals surface area contributed by atoms with E-state index in [1.54, 1.807) is 12.1 Å². The monoisotopic (exact) mass is 495 g/mol. The number of ketones is 1. The first kappa shape index (κ1) is 24.4. The molecule has 1 saturated carbocycles. The number of urea groups is 1. The normalized spacial score (nSPS) is 17.5. The molecule has 2 heterocycles. The molecule has 0 saturated heterocycles. The molecule has 8 heteroatoms. The maximum Gasteiger partial charge on any atom is 0.322 e. The standard InChI is InChI=1S/C29H29N5O3/c1-19-10-9-17-25(30-19)31-29(37)33-27-28(36)34(18-24(35)20-11-5-6-12-20)23-16-8-7-15-22(23)26(32-27)21-13-3-2-4-14-21/h2-4,7-10,13-17,20,27H,5-6,11-12,18H2,1H3,(H2,30,31,33,37)/t27-/m0/s1. The van der Waals surface area contributed by atoms with Crippen molar-refractivity contribution in [2.45, 2.75) is 38.8 Å². The highest BCUT2D eigenvalue weighted by Gasteiger charge is 2.35. The summed E-state index contributed by atoms with van der Waals surface area (Å²) in [6.45, 7) is 1.77. The number of benzodiazepines with no additional fused rings is 1. The number of carbonyl (C=O) groups excluding carboxylic acids is 3. The van der Waals surface area contributed by atoms with E-state index in [4.69, 9.17) is 4.99 Å². The lowest BCUT2D eigenvalue weighted by Crippen LogP contribution is -2.50. The van der Waals surface area contributed by atoms with E-state index in [0.717, 1.165) is 42.5 Å². The van der Waals surface area contributed by atoms with E-state index in [1.165, 1.54) is 4.90 Å². The molecule has 5 rings (SSSR count). The van der Waals surface area contributed by atoms with E-state index in [1.807, 2.05) is 67.6 Å². The number of benzene rings is 2. The van der Waals surface area contributed by atoms with Crippen LogP contribution in [0.15, 0.2) is 77.8 Å². The fraction of sp³-hybridized carbons (Fsp3) is 0.276. The number of nitrogens with one attached hydrogen (secondary N) is 2. The Morgan fingerprint density at radius 2 is 1.68 bits per heavy atom. The maximum atomic E-state index is 13.9. The number of anilines is 2. The number of nitrogens with zero attached hydrogens (tertiary/aromatic N) is 3. The first-order chi connectivity index (χ1) is 18.0. The first-order valence-electron chi connectivity index (χ1n) is 12.6. The summed E-state index contributed by atoms with van der Waals surface area (Å²) >= 11 is 0. The highest BCUT2D eigenvalue weighted by atomic mass is 16.2. The average molecular weight is 496 g/mol. The molecule has 0 unspecified atom stereocenters. The fourth-order valence-electron chi connectivity index (χ4n) is 4.93. The third kappa shape index (κ3) is 5.43. The molecule has 8 nitrogen and oxygen atoms in total. The SMILES string of the molecule is Cc1cccc(NC(=O)N[C@@H]2N=C(c3ccccc3)c3ccccc3N(CC(=O)C3CCCC3)C2=O)n1. The van der Waals surface area contributed by atoms with Crippen molar-refractivity contribution in [3.63, 3.8) is 0 Å². The molecular formula is C29H29N5O3. The second-order valence-corrected chi connectivity index (χ2v) is 9.40. The molecule has 1 aromatic heterocycles. The summed E-state index contributed by atoms with van der Waals surface area (Å²) in [7, 11) is 0. The van der Waals surface area contributed by atoms with Crippen LogP contribution in [0.25, 0.3) is 0 Å². The highest BCUT2D eigenvalue weighted by Crippen LogP contribution is 2.30. The first-order valence-corrected chi connectivity index (χ1v) is 12.6. The van der Waals surface area contributed by atoms with Gasteiger partial charge >= 0.3 is 6.03 Å². The number of aliphatic imine (C=N–C) groups is 1. The Morgan fingerprint density at radius 3 is 2.43 bits per heavy atom. The highest BCUT2D eigenvalue weighted by molar-refractivity contribution is 6.21. The van der Waals surface area contributed by atoms with Crippen molar-refractivity contribution >= 4 is 34.9 Å². The molecule has 0 spiro atoms. The summed E-state index contributed by atoms with van der Waals surface area (Å²) in [5.74, 6) is -0.102. The summed E-state index contributed by atoms with van der Waals surface area (Å²) in [5, 5.41) is 5.38. The molecule has 2 aromatic carbocycles. The Labute approximate surface area is 215 Å². The van der Waals surface area contributed by atoms with Crippen LogP contribution in [0.3, 0.4) is 0 Å². The number of carbonyl (C=O) groups is 3. The van der Waals surface area contributed by atoms with Crippen LogP contribution in [-0.2, 0) is 9.59 Å². The largest absolute Gasteiger partial charge is 0.322 e. The van der Waals surface area contributed by atoms with Crippen molar-refractivity contribution in [1.82, 2.24) is 10.3 Å². The smallest absolute Gasteiger partial charge is 0.308 e. The van der Waals surface area contributed by atoms with Gasteiger partial charge in [-0.1, -0.05) is 67.4 Å². The number of pyridine rings is 1. The van der Waals surface area contributed by atoms with Gasteiger partial charge in [0.25, 0.3) is 5.91 Å². The lowest BCUT2D eigenvalue weighted by Gasteiger charge is -2.26. The molecule has 2 aliphatic rings. The topological polar surface area (TPSA) is 104 Å². The van der Waals surface area contributed by atoms with Gasteiger partial charge in [-0.15, -0.1) is 0 Å². The van der Waals surface area contributed by atoms with Crippen molar-refractivity contribution in [2.75, 3.05) is 16.8 Å². The molecule has 1 aliphatic heterocycles. The number of aromatic nitrogens is 1. The summed E-state index contributed by atoms with van der Waals surface area (Å²) < 4.78 is 0. The van der Waals surface area contributed by atoms with Gasteiger partial charge < -0.3 is 10.2 Å². The number of hydrogen-bond donors (Lipinski definition) is 2. The van der Waals surface area contributed by atoms with Gasteiger partial charge in [0.15, 0.2) is 5.78 Å². The van der Waals surface area contributed by atoms with Crippen LogP contribution in [-0.4, -0.2) is 41.1 Å². The molecule has 1 atom stereocenters. The van der Waals surface area contributed by atoms with Crippen LogP contribution in [0, 0.1) is 12.8 Å². The van der Waals surface area contributed by atoms with E-state index in [2.05, 4.69) is 15.6 Å². The average Bonchev–Trinajstić information content (AvgIpc) is 3.42. The quantitative estimate of drug-likeness (QED) is 0.526. The summed E-state index contributed by atoms with van der Waals surface area (Å²) in [6, 6.07) is 21.6. The van der Waals surface area contributed by atoms with Crippen LogP contribution in [0.2, 0.25) is 0 Å². The maximum absolute atomic E-state index is 13.9. The fourth-order valence-corrected chi connectivity index (χ4v) is 4.93. The van der Waals surface area contributed by atoms with Crippen molar-refractivity contribution in [3.8, 4) is 0 Å². The minimum absolute atomic E-state index is 0.0379. The second kappa shape index (κ2) is 10.7. The zero-order valence-electron chi connectivity index (χ0n) is 20.7. The van der Waals surface area contributed by atoms with E-state index in [-0.39, 0.29) is 18.2 Å². The predicted molar refractivity (Wildman–Crippen MR) is 143 cm³/mol. The van der Waals surface area contributed by atoms with Gasteiger partial charge in [-0.2, -0.15) is 0 Å². The molecule has 0 radical (unpaired) electrons. The molecule has 1 aliphatic carbocycles. The Balaban J connectivity index is 1.51. The van der Waals surface area contributed by atoms with Gasteiger partial charge in [-0.25, -0.2) is 14.8 Å². The predicted octanol–water partition coefficient (Wildman–Crippen LogP) is 4.48. The van der Waals surface area contributed by atoms with Gasteiger partial charge in [0.1, 0.15) is 5.82 Å². The lowest BCUT2D eigenvalue weighted by atomic mass is 9.99. The molecule has 3 aromatic rings. The minimum Gasteiger partial charge on any atom is -0.308 e. The number of fused-ring (bicyclic) bond motifs is 1. The van der Waals surface area contributed by atoms with Crippen LogP contribution < -0.4 is 15.5 Å². The van der Waals surface area contributed by atoms with E-state index >= 15 is 0 Å². The zero-order valence-corrected chi connectivity index (χ0v) is 20.7. The molecule has 188 valence electrons. The third-order valence-corrected chi connectivity index (χ3v) is 6.78. The molecular weight excluding hydrogens is 466 g/mol. The van der Waals surface area contributed by atoms with Crippen LogP contribution >= 0.6 is 0 Å². The third-order valence-electron chi connectivity index (χ3n) is 6.78. The van der Waals surface area contributed by atoms with Crippen molar-refractivity contribution in [1.29, 1.82) is 0 Å². The van der Waals surface area contributed by atoms with Crippen LogP contribution in [0.1, 0.15) is 42.5 Å². The minimum atomic E-state index is -1.23. The Bertz CT molecular complexity index is 1350. The van der Waals surface area contributed by atoms with Crippen molar-refractivity contribution in [3.05, 3.63) is 89.6 Å². The van der Waals surface area contributed by atoms with E-state index in [0.29, 0.717) is 17.2 Å². The molecule has 1 fully saturated rings. The van der Waals surface area contributed by atoms with Gasteiger partial charge in [-0.05, 0) is 38.0 Å². The van der Waals surface area contributed by atoms with E-state index in [9.17, 15) is 14.4 Å². The molecule has 0 bridgehead atoms. The van der Waals surface area contributed by atoms with Crippen LogP contribution in [0.4, 0.5) is 16.3 Å². The van der Waals surface area contributed by atoms with Crippen LogP contribution in [0.5, 0.6) is 0 Å². The van der Waals surface area contributed by atoms with E-state index < -0.39 is 18.1 Å². The van der Waals surface area contributed by atoms with Gasteiger partial charge in [-0.3, -0.25) is 14.9 Å². The van der Waals surface area contributed by atoms with Gasteiger partial charge in [0.05, 0.1) is 17.9 Å². The second-order valence-electron chi connectivity index (χ2n) is 9.40. The van der Waals surface area contributed by atoms with Crippen molar-refractivity contribution in [2.24, 2.45) is 10.9 Å². The number of para-hydroxylation sites is 1. The molecule has 2 N–H and O–H groups in total. The lowest BCUT2D eigenvalue weighted by molar-refractivity contribution is -0.125. The summed E-state index contributed by atoms with van der Waals surface area (Å²) in [6.07, 6.45) is 2.52. The zero-order chi connectivity index (χ0) is 25.8. The number of aryl methyl sites for hydroxylation is 1. The number of rotatable bonds is 6. The van der Waals surface area contributed by atoms with Crippen molar-refractivity contribution < 1.29 is 14.4 Å². The Morgan fingerprint density at radius 1 is 0.946 bits per heavy atom. The molecule has 37 heavy (non-hydrogen) atoms. The number of hydrogen-bond acceptors (Lipinski definition) is 5. The van der Waals surface area contributed by atoms with Gasteiger partial charge in [0.2, 0.25) is 6.17 Å².